The van der Waals surface area contributed by atoms with Gasteiger partial charge in [-0.3, -0.25) is 13.9 Å². The maximum atomic E-state index is 14.3. The van der Waals surface area contributed by atoms with Crippen LogP contribution >= 0.6 is 0 Å². The van der Waals surface area contributed by atoms with Gasteiger partial charge in [0.2, 0.25) is 5.95 Å². The highest BCUT2D eigenvalue weighted by Gasteiger charge is 2.30. The standard InChI is InChI=1S/C25H26FN5O3/c1-4-34-19-11-9-18(10-12-19)29-13-16(2)14-30-21-22(27-24(29)30)28(3)25(33)31(23(21)32)15-17-7-5-6-8-20(17)26/h5-12,16H,4,13-15H2,1-3H3. The van der Waals surface area contributed by atoms with Gasteiger partial charge in [0.1, 0.15) is 11.6 Å². The third kappa shape index (κ3) is 3.57. The normalized spacial score (nSPS) is 15.5. The molecular weight excluding hydrogens is 437 g/mol. The molecule has 1 atom stereocenters. The maximum absolute atomic E-state index is 14.3. The molecule has 0 radical (unpaired) electrons. The molecule has 0 aliphatic carbocycles. The predicted octanol–water partition coefficient (Wildman–Crippen LogP) is 3.27. The molecule has 0 fully saturated rings. The molecule has 34 heavy (non-hydrogen) atoms. The molecule has 1 aliphatic heterocycles. The van der Waals surface area contributed by atoms with E-state index < -0.39 is 17.1 Å². The first-order chi connectivity index (χ1) is 16.4. The summed E-state index contributed by atoms with van der Waals surface area (Å²) in [5, 5.41) is 0. The Hall–Kier alpha value is -3.88. The molecule has 0 saturated heterocycles. The van der Waals surface area contributed by atoms with E-state index in [1.807, 2.05) is 35.8 Å². The summed E-state index contributed by atoms with van der Waals surface area (Å²) >= 11 is 0. The summed E-state index contributed by atoms with van der Waals surface area (Å²) in [5.41, 5.74) is 0.862. The summed E-state index contributed by atoms with van der Waals surface area (Å²) < 4.78 is 24.1. The SMILES string of the molecule is CCOc1ccc(N2CC(C)Cn3c2nc2c3c(=O)n(Cc3ccccc3F)c(=O)n2C)cc1. The van der Waals surface area contributed by atoms with E-state index in [4.69, 9.17) is 9.72 Å². The van der Waals surface area contributed by atoms with E-state index in [1.54, 1.807) is 25.2 Å². The van der Waals surface area contributed by atoms with Crippen molar-refractivity contribution in [1.82, 2.24) is 18.7 Å². The summed E-state index contributed by atoms with van der Waals surface area (Å²) in [6.07, 6.45) is 0. The quantitative estimate of drug-likeness (QED) is 0.454. The van der Waals surface area contributed by atoms with E-state index in [2.05, 4.69) is 11.8 Å². The van der Waals surface area contributed by atoms with Gasteiger partial charge in [-0.2, -0.15) is 4.98 Å². The number of aryl methyl sites for hydroxylation is 1. The molecule has 0 spiro atoms. The summed E-state index contributed by atoms with van der Waals surface area (Å²) in [5.74, 6) is 1.16. The van der Waals surface area contributed by atoms with Crippen molar-refractivity contribution in [3.05, 3.63) is 80.7 Å². The maximum Gasteiger partial charge on any atom is 0.332 e. The molecule has 8 nitrogen and oxygen atoms in total. The van der Waals surface area contributed by atoms with Gasteiger partial charge >= 0.3 is 5.69 Å². The van der Waals surface area contributed by atoms with Crippen LogP contribution in [-0.4, -0.2) is 31.8 Å². The number of hydrogen-bond donors (Lipinski definition) is 0. The number of rotatable bonds is 5. The lowest BCUT2D eigenvalue weighted by atomic mass is 10.1. The molecule has 0 saturated carbocycles. The number of imidazole rings is 1. The van der Waals surface area contributed by atoms with Gasteiger partial charge < -0.3 is 14.2 Å². The van der Waals surface area contributed by atoms with E-state index >= 15 is 0 Å². The fourth-order valence-electron chi connectivity index (χ4n) is 4.55. The Kier molecular flexibility index (Phi) is 5.47. The average Bonchev–Trinajstić information content (AvgIpc) is 3.21. The second-order valence-electron chi connectivity index (χ2n) is 8.66. The average molecular weight is 464 g/mol. The van der Waals surface area contributed by atoms with Gasteiger partial charge in [0.15, 0.2) is 11.2 Å². The summed E-state index contributed by atoms with van der Waals surface area (Å²) in [6, 6.07) is 13.9. The van der Waals surface area contributed by atoms with Crippen molar-refractivity contribution >= 4 is 22.8 Å². The molecule has 4 aromatic rings. The molecule has 1 aliphatic rings. The molecule has 1 unspecified atom stereocenters. The molecule has 3 heterocycles. The lowest BCUT2D eigenvalue weighted by molar-refractivity contribution is 0.340. The van der Waals surface area contributed by atoms with Crippen molar-refractivity contribution in [2.75, 3.05) is 18.1 Å². The van der Waals surface area contributed by atoms with Crippen LogP contribution < -0.4 is 20.9 Å². The minimum absolute atomic E-state index is 0.146. The first-order valence-electron chi connectivity index (χ1n) is 11.3. The van der Waals surface area contributed by atoms with Gasteiger partial charge in [-0.1, -0.05) is 25.1 Å². The Morgan fingerprint density at radius 3 is 2.53 bits per heavy atom. The van der Waals surface area contributed by atoms with E-state index in [1.165, 1.54) is 10.6 Å². The molecule has 176 valence electrons. The fourth-order valence-corrected chi connectivity index (χ4v) is 4.55. The van der Waals surface area contributed by atoms with Gasteiger partial charge in [-0.25, -0.2) is 9.18 Å². The molecule has 0 bridgehead atoms. The van der Waals surface area contributed by atoms with Crippen molar-refractivity contribution in [3.8, 4) is 5.75 Å². The van der Waals surface area contributed by atoms with Crippen molar-refractivity contribution < 1.29 is 9.13 Å². The lowest BCUT2D eigenvalue weighted by Crippen LogP contribution is -2.40. The van der Waals surface area contributed by atoms with E-state index in [9.17, 15) is 14.0 Å². The van der Waals surface area contributed by atoms with Crippen LogP contribution in [0.3, 0.4) is 0 Å². The van der Waals surface area contributed by atoms with Crippen LogP contribution in [0.5, 0.6) is 5.75 Å². The zero-order valence-corrected chi connectivity index (χ0v) is 19.4. The van der Waals surface area contributed by atoms with Crippen LogP contribution in [0.4, 0.5) is 16.0 Å². The second kappa shape index (κ2) is 8.48. The van der Waals surface area contributed by atoms with Crippen LogP contribution in [0, 0.1) is 11.7 Å². The largest absolute Gasteiger partial charge is 0.494 e. The van der Waals surface area contributed by atoms with Crippen LogP contribution in [0.1, 0.15) is 19.4 Å². The van der Waals surface area contributed by atoms with Crippen molar-refractivity contribution in [1.29, 1.82) is 0 Å². The zero-order valence-electron chi connectivity index (χ0n) is 19.4. The fraction of sp³-hybridized carbons (Fsp3) is 0.320. The number of hydrogen-bond acceptors (Lipinski definition) is 5. The molecule has 2 aromatic carbocycles. The van der Waals surface area contributed by atoms with Crippen molar-refractivity contribution in [2.45, 2.75) is 26.9 Å². The van der Waals surface area contributed by atoms with Gasteiger partial charge in [0.05, 0.1) is 13.2 Å². The van der Waals surface area contributed by atoms with Crippen molar-refractivity contribution in [2.24, 2.45) is 13.0 Å². The minimum Gasteiger partial charge on any atom is -0.494 e. The van der Waals surface area contributed by atoms with Gasteiger partial charge in [0.25, 0.3) is 5.56 Å². The first kappa shape index (κ1) is 21.9. The molecule has 0 amide bonds. The van der Waals surface area contributed by atoms with E-state index in [-0.39, 0.29) is 18.0 Å². The number of fused-ring (bicyclic) bond motifs is 3. The second-order valence-corrected chi connectivity index (χ2v) is 8.66. The van der Waals surface area contributed by atoms with Gasteiger partial charge in [0, 0.05) is 31.4 Å². The van der Waals surface area contributed by atoms with E-state index in [0.29, 0.717) is 36.8 Å². The van der Waals surface area contributed by atoms with Crippen LogP contribution in [-0.2, 0) is 20.1 Å². The van der Waals surface area contributed by atoms with Crippen molar-refractivity contribution in [3.63, 3.8) is 0 Å². The summed E-state index contributed by atoms with van der Waals surface area (Å²) in [7, 11) is 1.59. The van der Waals surface area contributed by atoms with Crippen LogP contribution in [0.25, 0.3) is 11.2 Å². The summed E-state index contributed by atoms with van der Waals surface area (Å²) in [4.78, 5) is 33.4. The number of aromatic nitrogens is 4. The Labute approximate surface area is 195 Å². The Balaban J connectivity index is 1.67. The molecular formula is C25H26FN5O3. The Bertz CT molecular complexity index is 1490. The molecule has 5 rings (SSSR count). The number of anilines is 2. The van der Waals surface area contributed by atoms with Gasteiger partial charge in [-0.15, -0.1) is 0 Å². The topological polar surface area (TPSA) is 74.3 Å². The molecule has 2 aromatic heterocycles. The molecule has 0 N–H and O–H groups in total. The minimum atomic E-state index is -0.531. The zero-order chi connectivity index (χ0) is 24.0. The number of nitrogens with zero attached hydrogens (tertiary/aromatic N) is 5. The Morgan fingerprint density at radius 1 is 1.09 bits per heavy atom. The highest BCUT2D eigenvalue weighted by molar-refractivity contribution is 5.77. The third-order valence-electron chi connectivity index (χ3n) is 6.19. The van der Waals surface area contributed by atoms with Crippen LogP contribution in [0.2, 0.25) is 0 Å². The first-order valence-corrected chi connectivity index (χ1v) is 11.3. The highest BCUT2D eigenvalue weighted by atomic mass is 19.1. The van der Waals surface area contributed by atoms with E-state index in [0.717, 1.165) is 16.0 Å². The Morgan fingerprint density at radius 2 is 1.82 bits per heavy atom. The van der Waals surface area contributed by atoms with Crippen LogP contribution in [0.15, 0.2) is 58.1 Å². The third-order valence-corrected chi connectivity index (χ3v) is 6.19. The number of halogens is 1. The monoisotopic (exact) mass is 463 g/mol. The molecule has 9 heteroatoms. The number of ether oxygens (including phenoxy) is 1. The number of benzene rings is 2. The smallest absolute Gasteiger partial charge is 0.332 e. The van der Waals surface area contributed by atoms with Gasteiger partial charge in [-0.05, 0) is 43.2 Å². The highest BCUT2D eigenvalue weighted by Crippen LogP contribution is 2.33. The summed E-state index contributed by atoms with van der Waals surface area (Å²) in [6.45, 7) is 5.79. The predicted molar refractivity (Wildman–Crippen MR) is 129 cm³/mol. The lowest BCUT2D eigenvalue weighted by Gasteiger charge is -2.33.